The Morgan fingerprint density at radius 1 is 0.955 bits per heavy atom. The third kappa shape index (κ3) is 3.55. The van der Waals surface area contributed by atoms with Crippen LogP contribution >= 0.6 is 0 Å². The third-order valence-corrected chi connectivity index (χ3v) is 3.40. The number of nitrogen functional groups attached to an aromatic ring is 1. The van der Waals surface area contributed by atoms with Gasteiger partial charge in [0.05, 0.1) is 32.1 Å². The van der Waals surface area contributed by atoms with Crippen molar-refractivity contribution in [3.8, 4) is 17.2 Å². The third-order valence-electron chi connectivity index (χ3n) is 3.40. The van der Waals surface area contributed by atoms with Crippen LogP contribution in [0.5, 0.6) is 17.2 Å². The number of likely N-dealkylation sites (N-methyl/N-ethyl adjacent to an activating group) is 1. The van der Waals surface area contributed by atoms with Gasteiger partial charge in [-0.05, 0) is 24.3 Å². The van der Waals surface area contributed by atoms with Crippen LogP contribution in [-0.2, 0) is 0 Å². The molecule has 0 atom stereocenters. The van der Waals surface area contributed by atoms with E-state index in [9.17, 15) is 0 Å². The van der Waals surface area contributed by atoms with E-state index in [-0.39, 0.29) is 0 Å². The van der Waals surface area contributed by atoms with Gasteiger partial charge in [-0.1, -0.05) is 18.2 Å². The molecule has 118 valence electrons. The van der Waals surface area contributed by atoms with Crippen molar-refractivity contribution in [2.75, 3.05) is 45.1 Å². The molecule has 0 saturated carbocycles. The molecule has 0 aliphatic heterocycles. The van der Waals surface area contributed by atoms with Crippen molar-refractivity contribution < 1.29 is 14.2 Å². The number of anilines is 2. The SMILES string of the molecule is COc1cccc(OC)c1OCCN(C)c1ccccc1N. The van der Waals surface area contributed by atoms with Crippen LogP contribution in [0.25, 0.3) is 0 Å². The number of rotatable bonds is 7. The van der Waals surface area contributed by atoms with E-state index in [1.54, 1.807) is 14.2 Å². The molecule has 0 spiro atoms. The van der Waals surface area contributed by atoms with Crippen LogP contribution < -0.4 is 24.8 Å². The highest BCUT2D eigenvalue weighted by molar-refractivity contribution is 5.66. The minimum atomic E-state index is 0.488. The molecule has 0 amide bonds. The lowest BCUT2D eigenvalue weighted by Gasteiger charge is -2.22. The van der Waals surface area contributed by atoms with Crippen molar-refractivity contribution in [3.05, 3.63) is 42.5 Å². The van der Waals surface area contributed by atoms with Gasteiger partial charge in [-0.2, -0.15) is 0 Å². The molecule has 0 heterocycles. The van der Waals surface area contributed by atoms with Crippen molar-refractivity contribution in [1.82, 2.24) is 0 Å². The number of hydrogen-bond donors (Lipinski definition) is 1. The molecular formula is C17H22N2O3. The first kappa shape index (κ1) is 15.8. The van der Waals surface area contributed by atoms with Crippen molar-refractivity contribution in [3.63, 3.8) is 0 Å². The first-order valence-corrected chi connectivity index (χ1v) is 7.06. The topological polar surface area (TPSA) is 57.0 Å². The van der Waals surface area contributed by atoms with Crippen LogP contribution in [0.3, 0.4) is 0 Å². The minimum Gasteiger partial charge on any atom is -0.493 e. The van der Waals surface area contributed by atoms with Gasteiger partial charge < -0.3 is 24.8 Å². The highest BCUT2D eigenvalue weighted by atomic mass is 16.5. The predicted octanol–water partition coefficient (Wildman–Crippen LogP) is 2.80. The quantitative estimate of drug-likeness (QED) is 0.797. The summed E-state index contributed by atoms with van der Waals surface area (Å²) < 4.78 is 16.5. The Bertz CT molecular complexity index is 594. The van der Waals surface area contributed by atoms with E-state index in [4.69, 9.17) is 19.9 Å². The second-order valence-corrected chi connectivity index (χ2v) is 4.82. The fourth-order valence-corrected chi connectivity index (χ4v) is 2.20. The van der Waals surface area contributed by atoms with Gasteiger partial charge in [-0.25, -0.2) is 0 Å². The normalized spacial score (nSPS) is 10.1. The Hall–Kier alpha value is -2.56. The van der Waals surface area contributed by atoms with Gasteiger partial charge >= 0.3 is 0 Å². The van der Waals surface area contributed by atoms with Gasteiger partial charge in [0, 0.05) is 7.05 Å². The number of benzene rings is 2. The lowest BCUT2D eigenvalue weighted by Crippen LogP contribution is -2.24. The first-order valence-electron chi connectivity index (χ1n) is 7.06. The molecule has 2 N–H and O–H groups in total. The Morgan fingerprint density at radius 3 is 2.18 bits per heavy atom. The van der Waals surface area contributed by atoms with E-state index >= 15 is 0 Å². The molecule has 22 heavy (non-hydrogen) atoms. The standard InChI is InChI=1S/C17H22N2O3/c1-19(14-8-5-4-7-13(14)18)11-12-22-17-15(20-2)9-6-10-16(17)21-3/h4-10H,11-12,18H2,1-3H3. The Kier molecular flexibility index (Phi) is 5.36. The average molecular weight is 302 g/mol. The molecule has 5 heteroatoms. The van der Waals surface area contributed by atoms with Gasteiger partial charge in [0.25, 0.3) is 0 Å². The van der Waals surface area contributed by atoms with E-state index in [0.717, 1.165) is 11.4 Å². The van der Waals surface area contributed by atoms with Crippen LogP contribution in [0.4, 0.5) is 11.4 Å². The van der Waals surface area contributed by atoms with Crippen LogP contribution in [-0.4, -0.2) is 34.4 Å². The zero-order valence-corrected chi connectivity index (χ0v) is 13.2. The molecule has 0 bridgehead atoms. The summed E-state index contributed by atoms with van der Waals surface area (Å²) in [6, 6.07) is 13.3. The van der Waals surface area contributed by atoms with Crippen molar-refractivity contribution in [2.45, 2.75) is 0 Å². The fourth-order valence-electron chi connectivity index (χ4n) is 2.20. The first-order chi connectivity index (χ1) is 10.7. The summed E-state index contributed by atoms with van der Waals surface area (Å²) in [7, 11) is 5.20. The molecule has 0 aliphatic carbocycles. The van der Waals surface area contributed by atoms with Crippen LogP contribution in [0.1, 0.15) is 0 Å². The molecule has 0 aliphatic rings. The van der Waals surface area contributed by atoms with E-state index in [2.05, 4.69) is 4.90 Å². The maximum Gasteiger partial charge on any atom is 0.203 e. The number of nitrogens with zero attached hydrogens (tertiary/aromatic N) is 1. The molecule has 2 aromatic rings. The highest BCUT2D eigenvalue weighted by Crippen LogP contribution is 2.36. The molecule has 5 nitrogen and oxygen atoms in total. The number of hydrogen-bond acceptors (Lipinski definition) is 5. The summed E-state index contributed by atoms with van der Waals surface area (Å²) >= 11 is 0. The lowest BCUT2D eigenvalue weighted by molar-refractivity contribution is 0.280. The monoisotopic (exact) mass is 302 g/mol. The summed E-state index contributed by atoms with van der Waals surface area (Å²) in [4.78, 5) is 2.05. The second kappa shape index (κ2) is 7.45. The van der Waals surface area contributed by atoms with Crippen molar-refractivity contribution in [1.29, 1.82) is 0 Å². The zero-order chi connectivity index (χ0) is 15.9. The van der Waals surface area contributed by atoms with Gasteiger partial charge in [-0.3, -0.25) is 0 Å². The maximum absolute atomic E-state index is 5.97. The molecule has 0 aromatic heterocycles. The summed E-state index contributed by atoms with van der Waals surface area (Å²) in [5.74, 6) is 1.92. The Morgan fingerprint density at radius 2 is 1.59 bits per heavy atom. The van der Waals surface area contributed by atoms with Gasteiger partial charge in [0.1, 0.15) is 6.61 Å². The minimum absolute atomic E-state index is 0.488. The van der Waals surface area contributed by atoms with Gasteiger partial charge in [0.2, 0.25) is 5.75 Å². The highest BCUT2D eigenvalue weighted by Gasteiger charge is 2.12. The van der Waals surface area contributed by atoms with Crippen molar-refractivity contribution in [2.24, 2.45) is 0 Å². The number of nitrogens with two attached hydrogens (primary N) is 1. The summed E-state index contributed by atoms with van der Waals surface area (Å²) in [5.41, 5.74) is 7.71. The largest absolute Gasteiger partial charge is 0.493 e. The molecule has 2 aromatic carbocycles. The molecule has 0 unspecified atom stereocenters. The molecular weight excluding hydrogens is 280 g/mol. The molecule has 0 fully saturated rings. The van der Waals surface area contributed by atoms with E-state index in [1.165, 1.54) is 0 Å². The Balaban J connectivity index is 2.01. The summed E-state index contributed by atoms with van der Waals surface area (Å²) in [5, 5.41) is 0. The predicted molar refractivity (Wildman–Crippen MR) is 89.2 cm³/mol. The van der Waals surface area contributed by atoms with Crippen LogP contribution in [0.15, 0.2) is 42.5 Å². The molecule has 0 saturated heterocycles. The lowest BCUT2D eigenvalue weighted by atomic mass is 10.2. The van der Waals surface area contributed by atoms with Crippen molar-refractivity contribution >= 4 is 11.4 Å². The van der Waals surface area contributed by atoms with Crippen LogP contribution in [0.2, 0.25) is 0 Å². The maximum atomic E-state index is 5.97. The smallest absolute Gasteiger partial charge is 0.203 e. The molecule has 2 rings (SSSR count). The fraction of sp³-hybridized carbons (Fsp3) is 0.294. The van der Waals surface area contributed by atoms with E-state index < -0.39 is 0 Å². The van der Waals surface area contributed by atoms with Gasteiger partial charge in [-0.15, -0.1) is 0 Å². The Labute approximate surface area is 131 Å². The zero-order valence-electron chi connectivity index (χ0n) is 13.2. The average Bonchev–Trinajstić information content (AvgIpc) is 2.55. The number of methoxy groups -OCH3 is 2. The second-order valence-electron chi connectivity index (χ2n) is 4.82. The number of ether oxygens (including phenoxy) is 3. The van der Waals surface area contributed by atoms with Crippen LogP contribution in [0, 0.1) is 0 Å². The summed E-state index contributed by atoms with van der Waals surface area (Å²) in [6.45, 7) is 1.18. The summed E-state index contributed by atoms with van der Waals surface area (Å²) in [6.07, 6.45) is 0. The molecule has 0 radical (unpaired) electrons. The van der Waals surface area contributed by atoms with E-state index in [0.29, 0.717) is 30.4 Å². The van der Waals surface area contributed by atoms with E-state index in [1.807, 2.05) is 49.5 Å². The van der Waals surface area contributed by atoms with Gasteiger partial charge in [0.15, 0.2) is 11.5 Å². The number of para-hydroxylation sites is 3.